The van der Waals surface area contributed by atoms with Crippen molar-refractivity contribution in [2.24, 2.45) is 0 Å². The van der Waals surface area contributed by atoms with E-state index in [-0.39, 0.29) is 6.10 Å². The normalized spacial score (nSPS) is 11.9. The van der Waals surface area contributed by atoms with E-state index in [9.17, 15) is 0 Å². The minimum absolute atomic E-state index is 0.0416. The number of methoxy groups -OCH3 is 1. The van der Waals surface area contributed by atoms with Crippen LogP contribution in [0.2, 0.25) is 0 Å². The molecule has 2 aromatic carbocycles. The van der Waals surface area contributed by atoms with Gasteiger partial charge in [-0.1, -0.05) is 12.1 Å². The first-order chi connectivity index (χ1) is 12.2. The highest BCUT2D eigenvalue weighted by Gasteiger charge is 2.12. The van der Waals surface area contributed by atoms with Crippen molar-refractivity contribution < 1.29 is 9.47 Å². The highest BCUT2D eigenvalue weighted by molar-refractivity contribution is 5.41. The van der Waals surface area contributed by atoms with Crippen LogP contribution in [0.3, 0.4) is 0 Å². The SMILES string of the molecule is COc1ccc(CCC(Cn2ccnc2)Oc2ccc(N)cc2)cc1. The Balaban J connectivity index is 1.65. The van der Waals surface area contributed by atoms with E-state index in [1.54, 1.807) is 13.3 Å². The molecule has 3 rings (SSSR count). The summed E-state index contributed by atoms with van der Waals surface area (Å²) in [4.78, 5) is 4.11. The van der Waals surface area contributed by atoms with Gasteiger partial charge in [0.15, 0.2) is 0 Å². The number of aryl methyl sites for hydroxylation is 1. The van der Waals surface area contributed by atoms with Crippen LogP contribution in [0.1, 0.15) is 12.0 Å². The molecule has 0 saturated heterocycles. The molecule has 130 valence electrons. The number of hydrogen-bond acceptors (Lipinski definition) is 4. The summed E-state index contributed by atoms with van der Waals surface area (Å²) < 4.78 is 13.4. The molecule has 5 heteroatoms. The standard InChI is InChI=1S/C20H23N3O2/c1-24-18-7-2-16(3-8-18)4-9-20(14-23-13-12-22-15-23)25-19-10-5-17(21)6-11-19/h2-3,5-8,10-13,15,20H,4,9,14,21H2,1H3. The molecule has 0 fully saturated rings. The summed E-state index contributed by atoms with van der Waals surface area (Å²) in [5, 5.41) is 0. The average molecular weight is 337 g/mol. The zero-order valence-electron chi connectivity index (χ0n) is 14.3. The third kappa shape index (κ3) is 5.01. The molecule has 0 saturated carbocycles. The molecule has 0 radical (unpaired) electrons. The fraction of sp³-hybridized carbons (Fsp3) is 0.250. The molecule has 0 bridgehead atoms. The van der Waals surface area contributed by atoms with E-state index >= 15 is 0 Å². The number of hydrogen-bond donors (Lipinski definition) is 1. The third-order valence-corrected chi connectivity index (χ3v) is 4.07. The first-order valence-electron chi connectivity index (χ1n) is 8.34. The van der Waals surface area contributed by atoms with Crippen LogP contribution in [-0.4, -0.2) is 22.8 Å². The number of rotatable bonds is 8. The quantitative estimate of drug-likeness (QED) is 0.639. The van der Waals surface area contributed by atoms with Gasteiger partial charge in [-0.3, -0.25) is 0 Å². The van der Waals surface area contributed by atoms with Crippen LogP contribution < -0.4 is 15.2 Å². The highest BCUT2D eigenvalue weighted by Crippen LogP contribution is 2.19. The van der Waals surface area contributed by atoms with Crippen LogP contribution in [0.15, 0.2) is 67.3 Å². The van der Waals surface area contributed by atoms with E-state index in [2.05, 4.69) is 17.1 Å². The summed E-state index contributed by atoms with van der Waals surface area (Å²) in [6.45, 7) is 0.751. The smallest absolute Gasteiger partial charge is 0.119 e. The second kappa shape index (κ2) is 8.24. The Labute approximate surface area is 148 Å². The topological polar surface area (TPSA) is 62.3 Å². The number of nitrogens with zero attached hydrogens (tertiary/aromatic N) is 2. The lowest BCUT2D eigenvalue weighted by Crippen LogP contribution is -2.23. The molecule has 0 amide bonds. The Bertz CT molecular complexity index is 753. The molecule has 1 heterocycles. The van der Waals surface area contributed by atoms with E-state index in [4.69, 9.17) is 15.2 Å². The molecule has 0 spiro atoms. The first-order valence-corrected chi connectivity index (χ1v) is 8.34. The second-order valence-corrected chi connectivity index (χ2v) is 5.96. The Hall–Kier alpha value is -2.95. The van der Waals surface area contributed by atoms with Gasteiger partial charge >= 0.3 is 0 Å². The Morgan fingerprint density at radius 3 is 2.40 bits per heavy atom. The van der Waals surface area contributed by atoms with Gasteiger partial charge in [-0.2, -0.15) is 0 Å². The minimum Gasteiger partial charge on any atom is -0.497 e. The van der Waals surface area contributed by atoms with Crippen LogP contribution in [0, 0.1) is 0 Å². The van der Waals surface area contributed by atoms with E-state index in [0.29, 0.717) is 0 Å². The number of nitrogen functional groups attached to an aromatic ring is 1. The molecule has 0 aliphatic rings. The van der Waals surface area contributed by atoms with Gasteiger partial charge in [-0.05, 0) is 54.8 Å². The number of nitrogens with two attached hydrogens (primary N) is 1. The van der Waals surface area contributed by atoms with Crippen molar-refractivity contribution in [2.75, 3.05) is 12.8 Å². The maximum Gasteiger partial charge on any atom is 0.119 e. The number of imidazole rings is 1. The van der Waals surface area contributed by atoms with Crippen LogP contribution in [-0.2, 0) is 13.0 Å². The summed E-state index contributed by atoms with van der Waals surface area (Å²) in [5.41, 5.74) is 7.74. The lowest BCUT2D eigenvalue weighted by molar-refractivity contribution is 0.170. The van der Waals surface area contributed by atoms with Crippen molar-refractivity contribution in [3.8, 4) is 11.5 Å². The minimum atomic E-state index is 0.0416. The van der Waals surface area contributed by atoms with Gasteiger partial charge in [-0.25, -0.2) is 4.98 Å². The number of benzene rings is 2. The summed E-state index contributed by atoms with van der Waals surface area (Å²) in [5.74, 6) is 1.70. The van der Waals surface area contributed by atoms with E-state index in [1.807, 2.05) is 53.5 Å². The molecule has 3 aromatic rings. The molecule has 2 N–H and O–H groups in total. The van der Waals surface area contributed by atoms with Gasteiger partial charge in [0.2, 0.25) is 0 Å². The maximum atomic E-state index is 6.18. The fourth-order valence-corrected chi connectivity index (χ4v) is 2.68. The lowest BCUT2D eigenvalue weighted by Gasteiger charge is -2.20. The van der Waals surface area contributed by atoms with Gasteiger partial charge in [0.25, 0.3) is 0 Å². The summed E-state index contributed by atoms with van der Waals surface area (Å²) in [7, 11) is 1.68. The van der Waals surface area contributed by atoms with Crippen molar-refractivity contribution >= 4 is 5.69 Å². The van der Waals surface area contributed by atoms with E-state index < -0.39 is 0 Å². The molecule has 1 unspecified atom stereocenters. The monoisotopic (exact) mass is 337 g/mol. The molecule has 1 aromatic heterocycles. The van der Waals surface area contributed by atoms with Crippen molar-refractivity contribution in [3.05, 3.63) is 72.8 Å². The van der Waals surface area contributed by atoms with Gasteiger partial charge in [0, 0.05) is 18.1 Å². The van der Waals surface area contributed by atoms with Crippen LogP contribution in [0.4, 0.5) is 5.69 Å². The van der Waals surface area contributed by atoms with Crippen molar-refractivity contribution in [3.63, 3.8) is 0 Å². The summed E-state index contributed by atoms with van der Waals surface area (Å²) in [6.07, 6.45) is 7.41. The molecular weight excluding hydrogens is 314 g/mol. The third-order valence-electron chi connectivity index (χ3n) is 4.07. The van der Waals surface area contributed by atoms with Gasteiger partial charge < -0.3 is 19.8 Å². The molecule has 0 aliphatic carbocycles. The predicted octanol–water partition coefficient (Wildman–Crippen LogP) is 3.55. The van der Waals surface area contributed by atoms with E-state index in [1.165, 1.54) is 5.56 Å². The fourth-order valence-electron chi connectivity index (χ4n) is 2.68. The van der Waals surface area contributed by atoms with Crippen molar-refractivity contribution in [2.45, 2.75) is 25.5 Å². The van der Waals surface area contributed by atoms with Gasteiger partial charge in [0.05, 0.1) is 20.0 Å². The Morgan fingerprint density at radius 2 is 1.76 bits per heavy atom. The first kappa shape index (κ1) is 16.9. The summed E-state index contributed by atoms with van der Waals surface area (Å²) in [6, 6.07) is 15.7. The molecule has 0 aliphatic heterocycles. The molecular formula is C20H23N3O2. The lowest BCUT2D eigenvalue weighted by atomic mass is 10.1. The van der Waals surface area contributed by atoms with Crippen molar-refractivity contribution in [1.82, 2.24) is 9.55 Å². The number of aromatic nitrogens is 2. The van der Waals surface area contributed by atoms with E-state index in [0.717, 1.165) is 36.6 Å². The number of ether oxygens (including phenoxy) is 2. The van der Waals surface area contributed by atoms with Gasteiger partial charge in [0.1, 0.15) is 17.6 Å². The Morgan fingerprint density at radius 1 is 1.04 bits per heavy atom. The average Bonchev–Trinajstić information content (AvgIpc) is 3.15. The largest absolute Gasteiger partial charge is 0.497 e. The molecule has 5 nitrogen and oxygen atoms in total. The van der Waals surface area contributed by atoms with Crippen LogP contribution >= 0.6 is 0 Å². The Kier molecular flexibility index (Phi) is 5.57. The van der Waals surface area contributed by atoms with Gasteiger partial charge in [-0.15, -0.1) is 0 Å². The zero-order chi connectivity index (χ0) is 17.5. The molecule has 25 heavy (non-hydrogen) atoms. The summed E-state index contributed by atoms with van der Waals surface area (Å²) >= 11 is 0. The highest BCUT2D eigenvalue weighted by atomic mass is 16.5. The van der Waals surface area contributed by atoms with Crippen molar-refractivity contribution in [1.29, 1.82) is 0 Å². The van der Waals surface area contributed by atoms with Crippen LogP contribution in [0.5, 0.6) is 11.5 Å². The maximum absolute atomic E-state index is 6.18. The number of anilines is 1. The second-order valence-electron chi connectivity index (χ2n) is 5.96. The zero-order valence-corrected chi connectivity index (χ0v) is 14.3. The molecule has 1 atom stereocenters. The van der Waals surface area contributed by atoms with Crippen LogP contribution in [0.25, 0.3) is 0 Å². The predicted molar refractivity (Wildman–Crippen MR) is 98.8 cm³/mol.